The van der Waals surface area contributed by atoms with E-state index in [-0.39, 0.29) is 18.4 Å². The summed E-state index contributed by atoms with van der Waals surface area (Å²) in [6, 6.07) is 22.8. The average Bonchev–Trinajstić information content (AvgIpc) is 2.71. The first kappa shape index (κ1) is 20.1. The standard InChI is InChI=1S/C24H25N3O2/c1-17-12-18(2)14-22(13-17)27-23(28)16-25-21-10-8-20(9-11-21)24(29)26-15-19-6-4-3-5-7-19/h3-14,25H,15-16H2,1-2H3,(H,26,29)(H,27,28). The summed E-state index contributed by atoms with van der Waals surface area (Å²) < 4.78 is 0. The molecule has 2 amide bonds. The molecule has 0 saturated carbocycles. The Morgan fingerprint density at radius 1 is 0.793 bits per heavy atom. The second kappa shape index (κ2) is 9.55. The molecule has 0 atom stereocenters. The lowest BCUT2D eigenvalue weighted by atomic mass is 10.1. The molecule has 5 heteroatoms. The Bertz CT molecular complexity index is 963. The minimum atomic E-state index is -0.132. The molecule has 0 fully saturated rings. The van der Waals surface area contributed by atoms with Crippen LogP contribution in [0, 0.1) is 13.8 Å². The van der Waals surface area contributed by atoms with Gasteiger partial charge in [-0.05, 0) is 66.9 Å². The Balaban J connectivity index is 1.48. The number of amides is 2. The molecule has 148 valence electrons. The molecular weight excluding hydrogens is 362 g/mol. The van der Waals surface area contributed by atoms with Gasteiger partial charge in [0.15, 0.2) is 0 Å². The zero-order chi connectivity index (χ0) is 20.6. The van der Waals surface area contributed by atoms with Crippen molar-refractivity contribution in [1.82, 2.24) is 5.32 Å². The molecule has 0 unspecified atom stereocenters. The Kier molecular flexibility index (Phi) is 6.63. The fraction of sp³-hybridized carbons (Fsp3) is 0.167. The van der Waals surface area contributed by atoms with Crippen LogP contribution in [0.2, 0.25) is 0 Å². The van der Waals surface area contributed by atoms with Crippen LogP contribution in [-0.4, -0.2) is 18.4 Å². The average molecular weight is 387 g/mol. The normalized spacial score (nSPS) is 10.3. The highest BCUT2D eigenvalue weighted by molar-refractivity contribution is 5.95. The van der Waals surface area contributed by atoms with Crippen LogP contribution in [0.25, 0.3) is 0 Å². The van der Waals surface area contributed by atoms with Crippen molar-refractivity contribution in [3.63, 3.8) is 0 Å². The second-order valence-corrected chi connectivity index (χ2v) is 7.02. The number of hydrogen-bond acceptors (Lipinski definition) is 3. The van der Waals surface area contributed by atoms with Crippen molar-refractivity contribution in [2.45, 2.75) is 20.4 Å². The first-order valence-corrected chi connectivity index (χ1v) is 9.54. The molecule has 3 aromatic carbocycles. The summed E-state index contributed by atoms with van der Waals surface area (Å²) in [4.78, 5) is 24.4. The third kappa shape index (κ3) is 6.21. The summed E-state index contributed by atoms with van der Waals surface area (Å²) in [5.74, 6) is -0.257. The Labute approximate surface area is 171 Å². The lowest BCUT2D eigenvalue weighted by Crippen LogP contribution is -2.23. The fourth-order valence-corrected chi connectivity index (χ4v) is 3.05. The van der Waals surface area contributed by atoms with Crippen molar-refractivity contribution in [2.75, 3.05) is 17.2 Å². The summed E-state index contributed by atoms with van der Waals surface area (Å²) in [6.45, 7) is 4.63. The Hall–Kier alpha value is -3.60. The van der Waals surface area contributed by atoms with E-state index in [0.717, 1.165) is 28.1 Å². The summed E-state index contributed by atoms with van der Waals surface area (Å²) in [6.07, 6.45) is 0. The van der Waals surface area contributed by atoms with Crippen molar-refractivity contribution >= 4 is 23.2 Å². The minimum absolute atomic E-state index is 0.125. The number of rotatable bonds is 7. The largest absolute Gasteiger partial charge is 0.376 e. The van der Waals surface area contributed by atoms with Crippen molar-refractivity contribution < 1.29 is 9.59 Å². The summed E-state index contributed by atoms with van der Waals surface area (Å²) >= 11 is 0. The van der Waals surface area contributed by atoms with E-state index in [1.165, 1.54) is 0 Å². The van der Waals surface area contributed by atoms with E-state index in [2.05, 4.69) is 22.0 Å². The topological polar surface area (TPSA) is 70.2 Å². The van der Waals surface area contributed by atoms with Crippen LogP contribution < -0.4 is 16.0 Å². The quantitative estimate of drug-likeness (QED) is 0.567. The van der Waals surface area contributed by atoms with Crippen molar-refractivity contribution in [3.05, 3.63) is 95.1 Å². The highest BCUT2D eigenvalue weighted by Crippen LogP contribution is 2.14. The van der Waals surface area contributed by atoms with Gasteiger partial charge < -0.3 is 16.0 Å². The second-order valence-electron chi connectivity index (χ2n) is 7.02. The van der Waals surface area contributed by atoms with Crippen LogP contribution >= 0.6 is 0 Å². The molecule has 3 N–H and O–H groups in total. The molecule has 0 aliphatic rings. The highest BCUT2D eigenvalue weighted by atomic mass is 16.2. The van der Waals surface area contributed by atoms with E-state index >= 15 is 0 Å². The molecule has 0 spiro atoms. The molecule has 3 rings (SSSR count). The summed E-state index contributed by atoms with van der Waals surface area (Å²) in [5, 5.41) is 8.86. The zero-order valence-corrected chi connectivity index (χ0v) is 16.7. The van der Waals surface area contributed by atoms with Gasteiger partial charge in [0.05, 0.1) is 6.54 Å². The predicted molar refractivity (Wildman–Crippen MR) is 117 cm³/mol. The first-order chi connectivity index (χ1) is 14.0. The van der Waals surface area contributed by atoms with E-state index in [1.54, 1.807) is 24.3 Å². The van der Waals surface area contributed by atoms with E-state index in [1.807, 2.05) is 56.3 Å². The molecule has 0 aromatic heterocycles. The molecule has 0 aliphatic carbocycles. The minimum Gasteiger partial charge on any atom is -0.376 e. The van der Waals surface area contributed by atoms with E-state index in [0.29, 0.717) is 12.1 Å². The van der Waals surface area contributed by atoms with E-state index in [4.69, 9.17) is 0 Å². The number of nitrogens with one attached hydrogen (secondary N) is 3. The SMILES string of the molecule is Cc1cc(C)cc(NC(=O)CNc2ccc(C(=O)NCc3ccccc3)cc2)c1. The van der Waals surface area contributed by atoms with Gasteiger partial charge in [-0.2, -0.15) is 0 Å². The molecule has 0 radical (unpaired) electrons. The molecule has 29 heavy (non-hydrogen) atoms. The smallest absolute Gasteiger partial charge is 0.251 e. The van der Waals surface area contributed by atoms with Crippen LogP contribution in [0.15, 0.2) is 72.8 Å². The molecule has 0 saturated heterocycles. The fourth-order valence-electron chi connectivity index (χ4n) is 3.05. The van der Waals surface area contributed by atoms with Crippen molar-refractivity contribution in [2.24, 2.45) is 0 Å². The van der Waals surface area contributed by atoms with Gasteiger partial charge in [0.2, 0.25) is 5.91 Å². The predicted octanol–water partition coefficient (Wildman–Crippen LogP) is 4.28. The molecule has 5 nitrogen and oxygen atoms in total. The number of carbonyl (C=O) groups is 2. The number of benzene rings is 3. The third-order valence-corrected chi connectivity index (χ3v) is 4.40. The maximum atomic E-state index is 12.3. The summed E-state index contributed by atoms with van der Waals surface area (Å²) in [5.41, 5.74) is 5.41. The first-order valence-electron chi connectivity index (χ1n) is 9.54. The Morgan fingerprint density at radius 3 is 2.10 bits per heavy atom. The Morgan fingerprint density at radius 2 is 1.45 bits per heavy atom. The lowest BCUT2D eigenvalue weighted by molar-refractivity contribution is -0.114. The zero-order valence-electron chi connectivity index (χ0n) is 16.7. The molecule has 0 aliphatic heterocycles. The molecule has 0 bridgehead atoms. The van der Waals surface area contributed by atoms with Crippen LogP contribution in [0.3, 0.4) is 0 Å². The van der Waals surface area contributed by atoms with Crippen LogP contribution in [0.1, 0.15) is 27.0 Å². The van der Waals surface area contributed by atoms with Gasteiger partial charge in [-0.15, -0.1) is 0 Å². The van der Waals surface area contributed by atoms with Gasteiger partial charge in [-0.25, -0.2) is 0 Å². The highest BCUT2D eigenvalue weighted by Gasteiger charge is 2.07. The van der Waals surface area contributed by atoms with Crippen molar-refractivity contribution in [1.29, 1.82) is 0 Å². The van der Waals surface area contributed by atoms with Crippen LogP contribution in [0.4, 0.5) is 11.4 Å². The molecule has 0 heterocycles. The van der Waals surface area contributed by atoms with E-state index < -0.39 is 0 Å². The van der Waals surface area contributed by atoms with Gasteiger partial charge in [0.25, 0.3) is 5.91 Å². The maximum absolute atomic E-state index is 12.3. The molecule has 3 aromatic rings. The van der Waals surface area contributed by atoms with Gasteiger partial charge in [-0.3, -0.25) is 9.59 Å². The molecular formula is C24H25N3O2. The number of anilines is 2. The summed E-state index contributed by atoms with van der Waals surface area (Å²) in [7, 11) is 0. The number of carbonyl (C=O) groups excluding carboxylic acids is 2. The number of aryl methyl sites for hydroxylation is 2. The monoisotopic (exact) mass is 387 g/mol. The van der Waals surface area contributed by atoms with Gasteiger partial charge in [0.1, 0.15) is 0 Å². The van der Waals surface area contributed by atoms with Gasteiger partial charge in [0, 0.05) is 23.5 Å². The maximum Gasteiger partial charge on any atom is 0.251 e. The number of hydrogen-bond donors (Lipinski definition) is 3. The van der Waals surface area contributed by atoms with Crippen molar-refractivity contribution in [3.8, 4) is 0 Å². The van der Waals surface area contributed by atoms with Gasteiger partial charge in [-0.1, -0.05) is 36.4 Å². The van der Waals surface area contributed by atoms with Crippen LogP contribution in [0.5, 0.6) is 0 Å². The van der Waals surface area contributed by atoms with Crippen LogP contribution in [-0.2, 0) is 11.3 Å². The van der Waals surface area contributed by atoms with E-state index in [9.17, 15) is 9.59 Å². The van der Waals surface area contributed by atoms with Gasteiger partial charge >= 0.3 is 0 Å². The lowest BCUT2D eigenvalue weighted by Gasteiger charge is -2.10. The third-order valence-electron chi connectivity index (χ3n) is 4.40.